The van der Waals surface area contributed by atoms with Crippen LogP contribution in [0.3, 0.4) is 0 Å². The molecule has 1 unspecified atom stereocenters. The van der Waals surface area contributed by atoms with Crippen molar-refractivity contribution in [1.82, 2.24) is 0 Å². The Morgan fingerprint density at radius 1 is 1.09 bits per heavy atom. The van der Waals surface area contributed by atoms with Crippen LogP contribution in [0.5, 0.6) is 5.75 Å². The van der Waals surface area contributed by atoms with Crippen molar-refractivity contribution in [3.8, 4) is 5.75 Å². The van der Waals surface area contributed by atoms with E-state index < -0.39 is 6.10 Å². The molecule has 3 nitrogen and oxygen atoms in total. The molecule has 1 atom stereocenters. The number of nitrogens with one attached hydrogen (secondary N) is 1. The van der Waals surface area contributed by atoms with Crippen LogP contribution >= 0.6 is 23.2 Å². The van der Waals surface area contributed by atoms with E-state index in [1.165, 1.54) is 5.56 Å². The highest BCUT2D eigenvalue weighted by atomic mass is 35.5. The van der Waals surface area contributed by atoms with Gasteiger partial charge in [0.25, 0.3) is 5.91 Å². The molecule has 0 spiro atoms. The van der Waals surface area contributed by atoms with Crippen molar-refractivity contribution in [2.75, 3.05) is 5.32 Å². The van der Waals surface area contributed by atoms with Gasteiger partial charge in [-0.25, -0.2) is 0 Å². The molecule has 0 heterocycles. The fraction of sp³-hybridized carbons (Fsp3) is 0.278. The zero-order chi connectivity index (χ0) is 16.8. The van der Waals surface area contributed by atoms with Gasteiger partial charge >= 0.3 is 0 Å². The third kappa shape index (κ3) is 4.88. The third-order valence-electron chi connectivity index (χ3n) is 3.46. The average Bonchev–Trinajstić information content (AvgIpc) is 2.56. The van der Waals surface area contributed by atoms with E-state index in [-0.39, 0.29) is 5.91 Å². The second-order valence-electron chi connectivity index (χ2n) is 5.13. The predicted octanol–water partition coefficient (Wildman–Crippen LogP) is 5.35. The third-order valence-corrected chi connectivity index (χ3v) is 4.20. The molecule has 5 heteroatoms. The summed E-state index contributed by atoms with van der Waals surface area (Å²) >= 11 is 11.8. The van der Waals surface area contributed by atoms with Crippen molar-refractivity contribution in [2.45, 2.75) is 32.8 Å². The van der Waals surface area contributed by atoms with Crippen molar-refractivity contribution >= 4 is 34.8 Å². The molecule has 2 aromatic carbocycles. The summed E-state index contributed by atoms with van der Waals surface area (Å²) in [5, 5.41) is 3.64. The zero-order valence-electron chi connectivity index (χ0n) is 13.1. The van der Waals surface area contributed by atoms with Crippen LogP contribution in [-0.4, -0.2) is 12.0 Å². The SMILES string of the molecule is CCc1ccc(OC(CC)C(=O)Nc2ccc(Cl)c(Cl)c2)cc1. The Morgan fingerprint density at radius 2 is 1.78 bits per heavy atom. The van der Waals surface area contributed by atoms with E-state index in [0.29, 0.717) is 27.9 Å². The molecule has 0 radical (unpaired) electrons. The molecule has 0 aliphatic carbocycles. The van der Waals surface area contributed by atoms with Crippen LogP contribution in [0.15, 0.2) is 42.5 Å². The second-order valence-corrected chi connectivity index (χ2v) is 5.94. The average molecular weight is 352 g/mol. The van der Waals surface area contributed by atoms with E-state index in [4.69, 9.17) is 27.9 Å². The van der Waals surface area contributed by atoms with Crippen molar-refractivity contribution in [2.24, 2.45) is 0 Å². The van der Waals surface area contributed by atoms with Gasteiger partial charge in [0.1, 0.15) is 5.75 Å². The van der Waals surface area contributed by atoms with Gasteiger partial charge in [-0.15, -0.1) is 0 Å². The van der Waals surface area contributed by atoms with Gasteiger partial charge < -0.3 is 10.1 Å². The van der Waals surface area contributed by atoms with E-state index in [9.17, 15) is 4.79 Å². The maximum absolute atomic E-state index is 12.4. The zero-order valence-corrected chi connectivity index (χ0v) is 14.6. The molecule has 0 bridgehead atoms. The highest BCUT2D eigenvalue weighted by Gasteiger charge is 2.18. The Bertz CT molecular complexity index is 671. The van der Waals surface area contributed by atoms with Crippen LogP contribution in [-0.2, 0) is 11.2 Å². The molecule has 0 fully saturated rings. The Morgan fingerprint density at radius 3 is 2.35 bits per heavy atom. The van der Waals surface area contributed by atoms with Crippen molar-refractivity contribution in [3.05, 3.63) is 58.1 Å². The van der Waals surface area contributed by atoms with E-state index >= 15 is 0 Å². The Kier molecular flexibility index (Phi) is 6.31. The Labute approximate surface area is 146 Å². The lowest BCUT2D eigenvalue weighted by Crippen LogP contribution is -2.32. The van der Waals surface area contributed by atoms with Crippen LogP contribution in [0, 0.1) is 0 Å². The van der Waals surface area contributed by atoms with Crippen molar-refractivity contribution in [3.63, 3.8) is 0 Å². The van der Waals surface area contributed by atoms with E-state index in [1.807, 2.05) is 31.2 Å². The first-order valence-electron chi connectivity index (χ1n) is 7.55. The fourth-order valence-electron chi connectivity index (χ4n) is 2.09. The summed E-state index contributed by atoms with van der Waals surface area (Å²) in [6.07, 6.45) is 0.953. The van der Waals surface area contributed by atoms with Gasteiger partial charge in [0.05, 0.1) is 10.0 Å². The number of rotatable bonds is 6. The Balaban J connectivity index is 2.03. The van der Waals surface area contributed by atoms with Gasteiger partial charge in [-0.2, -0.15) is 0 Å². The number of hydrogen-bond acceptors (Lipinski definition) is 2. The normalized spacial score (nSPS) is 11.8. The molecule has 1 N–H and O–H groups in total. The number of ether oxygens (including phenoxy) is 1. The van der Waals surface area contributed by atoms with Crippen LogP contribution in [0.4, 0.5) is 5.69 Å². The molecule has 2 rings (SSSR count). The molecule has 0 saturated heterocycles. The van der Waals surface area contributed by atoms with Crippen molar-refractivity contribution in [1.29, 1.82) is 0 Å². The highest BCUT2D eigenvalue weighted by Crippen LogP contribution is 2.25. The monoisotopic (exact) mass is 351 g/mol. The van der Waals surface area contributed by atoms with E-state index in [0.717, 1.165) is 6.42 Å². The minimum Gasteiger partial charge on any atom is -0.481 e. The summed E-state index contributed by atoms with van der Waals surface area (Å²) < 4.78 is 5.78. The lowest BCUT2D eigenvalue weighted by molar-refractivity contribution is -0.122. The fourth-order valence-corrected chi connectivity index (χ4v) is 2.38. The molecule has 0 aliphatic heterocycles. The van der Waals surface area contributed by atoms with Crippen LogP contribution in [0.1, 0.15) is 25.8 Å². The maximum atomic E-state index is 12.4. The molecule has 2 aromatic rings. The van der Waals surface area contributed by atoms with Gasteiger partial charge in [-0.05, 0) is 48.7 Å². The maximum Gasteiger partial charge on any atom is 0.265 e. The van der Waals surface area contributed by atoms with Crippen molar-refractivity contribution < 1.29 is 9.53 Å². The number of anilines is 1. The quantitative estimate of drug-likeness (QED) is 0.761. The minimum atomic E-state index is -0.572. The topological polar surface area (TPSA) is 38.3 Å². The predicted molar refractivity (Wildman–Crippen MR) is 95.6 cm³/mol. The lowest BCUT2D eigenvalue weighted by Gasteiger charge is -2.17. The number of amides is 1. The number of carbonyl (C=O) groups excluding carboxylic acids is 1. The smallest absolute Gasteiger partial charge is 0.265 e. The molecule has 0 saturated carbocycles. The van der Waals surface area contributed by atoms with Crippen LogP contribution in [0.25, 0.3) is 0 Å². The molecular weight excluding hydrogens is 333 g/mol. The number of aryl methyl sites for hydroxylation is 1. The highest BCUT2D eigenvalue weighted by molar-refractivity contribution is 6.42. The first-order chi connectivity index (χ1) is 11.0. The number of carbonyl (C=O) groups is 1. The molecule has 0 aromatic heterocycles. The lowest BCUT2D eigenvalue weighted by atomic mass is 10.1. The first-order valence-corrected chi connectivity index (χ1v) is 8.30. The van der Waals surface area contributed by atoms with Crippen LogP contribution < -0.4 is 10.1 Å². The molecular formula is C18H19Cl2NO2. The van der Waals surface area contributed by atoms with E-state index in [2.05, 4.69) is 12.2 Å². The van der Waals surface area contributed by atoms with Gasteiger partial charge in [-0.3, -0.25) is 4.79 Å². The number of halogens is 2. The number of hydrogen-bond donors (Lipinski definition) is 1. The van der Waals surface area contributed by atoms with Gasteiger partial charge in [-0.1, -0.05) is 49.2 Å². The number of benzene rings is 2. The van der Waals surface area contributed by atoms with Gasteiger partial charge in [0, 0.05) is 5.69 Å². The summed E-state index contributed by atoms with van der Waals surface area (Å²) in [5.41, 5.74) is 1.82. The molecule has 0 aliphatic rings. The molecule has 23 heavy (non-hydrogen) atoms. The standard InChI is InChI=1S/C18H19Cl2NO2/c1-3-12-5-8-14(9-6-12)23-17(4-2)18(22)21-13-7-10-15(19)16(20)11-13/h5-11,17H,3-4H2,1-2H3,(H,21,22). The second kappa shape index (κ2) is 8.23. The summed E-state index contributed by atoms with van der Waals surface area (Å²) in [6.45, 7) is 3.99. The largest absolute Gasteiger partial charge is 0.481 e. The minimum absolute atomic E-state index is 0.217. The summed E-state index contributed by atoms with van der Waals surface area (Å²) in [5.74, 6) is 0.462. The summed E-state index contributed by atoms with van der Waals surface area (Å²) in [7, 11) is 0. The van der Waals surface area contributed by atoms with Gasteiger partial charge in [0.15, 0.2) is 6.10 Å². The van der Waals surface area contributed by atoms with Gasteiger partial charge in [0.2, 0.25) is 0 Å². The van der Waals surface area contributed by atoms with Crippen LogP contribution in [0.2, 0.25) is 10.0 Å². The summed E-state index contributed by atoms with van der Waals surface area (Å²) in [6, 6.07) is 12.7. The molecule has 122 valence electrons. The first kappa shape index (κ1) is 17.6. The van der Waals surface area contributed by atoms with E-state index in [1.54, 1.807) is 18.2 Å². The molecule has 1 amide bonds. The Hall–Kier alpha value is -1.71. The summed E-state index contributed by atoms with van der Waals surface area (Å²) in [4.78, 5) is 12.4.